The van der Waals surface area contributed by atoms with Gasteiger partial charge in [-0.15, -0.1) is 5.10 Å². The molecule has 2 aliphatic rings. The summed E-state index contributed by atoms with van der Waals surface area (Å²) in [6.07, 6.45) is 12.3. The van der Waals surface area contributed by atoms with Crippen LogP contribution < -0.4 is 9.64 Å². The molecule has 1 aliphatic heterocycles. The number of nitrogens with zero attached hydrogens (tertiary/aromatic N) is 6. The van der Waals surface area contributed by atoms with Crippen LogP contribution in [-0.4, -0.2) is 44.7 Å². The summed E-state index contributed by atoms with van der Waals surface area (Å²) in [5.41, 5.74) is 2.10. The van der Waals surface area contributed by atoms with Gasteiger partial charge in [0.1, 0.15) is 5.75 Å². The molecule has 1 saturated carbocycles. The lowest BCUT2D eigenvalue weighted by atomic mass is 9.90. The van der Waals surface area contributed by atoms with E-state index in [1.807, 2.05) is 49.8 Å². The quantitative estimate of drug-likeness (QED) is 0.598. The van der Waals surface area contributed by atoms with Gasteiger partial charge in [-0.2, -0.15) is 0 Å². The average Bonchev–Trinajstić information content (AvgIpc) is 3.34. The van der Waals surface area contributed by atoms with Crippen LogP contribution in [0.15, 0.2) is 49.1 Å². The highest BCUT2D eigenvalue weighted by Crippen LogP contribution is 2.49. The zero-order chi connectivity index (χ0) is 20.3. The van der Waals surface area contributed by atoms with Gasteiger partial charge in [0.25, 0.3) is 0 Å². The highest BCUT2D eigenvalue weighted by molar-refractivity contribution is 5.36. The van der Waals surface area contributed by atoms with Crippen molar-refractivity contribution in [2.24, 2.45) is 17.8 Å². The van der Waals surface area contributed by atoms with Crippen LogP contribution in [-0.2, 0) is 0 Å². The van der Waals surface area contributed by atoms with E-state index in [0.29, 0.717) is 0 Å². The molecule has 7 nitrogen and oxygen atoms in total. The van der Waals surface area contributed by atoms with Crippen LogP contribution >= 0.6 is 0 Å². The largest absolute Gasteiger partial charge is 0.494 e. The monoisotopic (exact) mass is 404 g/mol. The minimum Gasteiger partial charge on any atom is -0.494 e. The standard InChI is InChI=1S/C23H28N6O/c1-17-15-24-23(25-16-17)28-10-6-18(7-11-28)22-14-19(22)8-13-30-21-4-2-20(3-5-21)29-12-9-26-27-29/h2-5,9,12,15-16,18-19,22H,6-8,10-11,13-14H2,1H3. The second-order valence-electron chi connectivity index (χ2n) is 8.52. The van der Waals surface area contributed by atoms with Gasteiger partial charge in [-0.05, 0) is 80.2 Å². The molecule has 1 aromatic carbocycles. The molecular formula is C23H28N6O. The lowest BCUT2D eigenvalue weighted by Gasteiger charge is -2.32. The van der Waals surface area contributed by atoms with Crippen molar-refractivity contribution in [1.82, 2.24) is 25.0 Å². The van der Waals surface area contributed by atoms with E-state index in [4.69, 9.17) is 4.74 Å². The van der Waals surface area contributed by atoms with Crippen LogP contribution in [0.5, 0.6) is 5.75 Å². The van der Waals surface area contributed by atoms with Crippen molar-refractivity contribution in [2.75, 3.05) is 24.6 Å². The summed E-state index contributed by atoms with van der Waals surface area (Å²) in [6.45, 7) is 4.97. The number of aryl methyl sites for hydroxylation is 1. The molecule has 5 rings (SSSR count). The Balaban J connectivity index is 1.03. The summed E-state index contributed by atoms with van der Waals surface area (Å²) in [5.74, 6) is 4.35. The molecule has 3 heterocycles. The summed E-state index contributed by atoms with van der Waals surface area (Å²) in [6, 6.07) is 8.03. The Hall–Kier alpha value is -2.96. The summed E-state index contributed by atoms with van der Waals surface area (Å²) in [7, 11) is 0. The number of benzene rings is 1. The van der Waals surface area contributed by atoms with Gasteiger partial charge < -0.3 is 9.64 Å². The maximum atomic E-state index is 5.98. The topological polar surface area (TPSA) is 69.0 Å². The second kappa shape index (κ2) is 8.42. The predicted molar refractivity (Wildman–Crippen MR) is 115 cm³/mol. The van der Waals surface area contributed by atoms with Gasteiger partial charge in [-0.1, -0.05) is 5.21 Å². The number of rotatable bonds is 7. The first-order chi connectivity index (χ1) is 14.8. The Morgan fingerprint density at radius 1 is 1.07 bits per heavy atom. The zero-order valence-corrected chi connectivity index (χ0v) is 17.4. The number of aromatic nitrogens is 5. The second-order valence-corrected chi connectivity index (χ2v) is 8.52. The van der Waals surface area contributed by atoms with Crippen molar-refractivity contribution in [1.29, 1.82) is 0 Å². The fourth-order valence-electron chi connectivity index (χ4n) is 4.63. The molecule has 1 saturated heterocycles. The number of hydrogen-bond acceptors (Lipinski definition) is 6. The van der Waals surface area contributed by atoms with Crippen molar-refractivity contribution >= 4 is 5.95 Å². The molecule has 0 amide bonds. The van der Waals surface area contributed by atoms with Crippen molar-refractivity contribution in [2.45, 2.75) is 32.6 Å². The molecule has 1 aliphatic carbocycles. The zero-order valence-electron chi connectivity index (χ0n) is 17.4. The van der Waals surface area contributed by atoms with Crippen LogP contribution in [0.2, 0.25) is 0 Å². The molecule has 0 bridgehead atoms. The third-order valence-corrected chi connectivity index (χ3v) is 6.45. The molecule has 0 spiro atoms. The lowest BCUT2D eigenvalue weighted by molar-refractivity contribution is 0.284. The Morgan fingerprint density at radius 2 is 1.83 bits per heavy atom. The van der Waals surface area contributed by atoms with Crippen molar-refractivity contribution in [3.63, 3.8) is 0 Å². The maximum Gasteiger partial charge on any atom is 0.225 e. The van der Waals surface area contributed by atoms with Gasteiger partial charge in [-0.25, -0.2) is 14.6 Å². The smallest absolute Gasteiger partial charge is 0.225 e. The minimum absolute atomic E-state index is 0.792. The molecule has 30 heavy (non-hydrogen) atoms. The Bertz CT molecular complexity index is 933. The van der Waals surface area contributed by atoms with Crippen molar-refractivity contribution in [3.8, 4) is 11.4 Å². The summed E-state index contributed by atoms with van der Waals surface area (Å²) >= 11 is 0. The van der Waals surface area contributed by atoms with Gasteiger partial charge in [0.15, 0.2) is 0 Å². The van der Waals surface area contributed by atoms with Crippen molar-refractivity contribution in [3.05, 3.63) is 54.6 Å². The predicted octanol–water partition coefficient (Wildman–Crippen LogP) is 3.69. The highest BCUT2D eigenvalue weighted by atomic mass is 16.5. The third-order valence-electron chi connectivity index (χ3n) is 6.45. The number of hydrogen-bond donors (Lipinski definition) is 0. The lowest BCUT2D eigenvalue weighted by Crippen LogP contribution is -2.35. The van der Waals surface area contributed by atoms with Crippen LogP contribution in [0.25, 0.3) is 5.69 Å². The van der Waals surface area contributed by atoms with E-state index in [-0.39, 0.29) is 0 Å². The first-order valence-corrected chi connectivity index (χ1v) is 10.9. The summed E-state index contributed by atoms with van der Waals surface area (Å²) in [5, 5.41) is 7.84. The molecule has 2 unspecified atom stereocenters. The van der Waals surface area contributed by atoms with Crippen LogP contribution in [0.3, 0.4) is 0 Å². The molecule has 2 fully saturated rings. The van der Waals surface area contributed by atoms with Gasteiger partial charge in [0.2, 0.25) is 5.95 Å². The first kappa shape index (κ1) is 19.0. The summed E-state index contributed by atoms with van der Waals surface area (Å²) < 4.78 is 7.72. The highest BCUT2D eigenvalue weighted by Gasteiger charge is 2.43. The molecule has 2 aromatic heterocycles. The Morgan fingerprint density at radius 3 is 2.53 bits per heavy atom. The number of piperidine rings is 1. The fraction of sp³-hybridized carbons (Fsp3) is 0.478. The molecule has 2 atom stereocenters. The van der Waals surface area contributed by atoms with Crippen LogP contribution in [0, 0.1) is 24.7 Å². The number of ether oxygens (including phenoxy) is 1. The van der Waals surface area contributed by atoms with Crippen LogP contribution in [0.1, 0.15) is 31.2 Å². The van der Waals surface area contributed by atoms with E-state index in [2.05, 4.69) is 25.2 Å². The van der Waals surface area contributed by atoms with E-state index in [9.17, 15) is 0 Å². The molecule has 0 radical (unpaired) electrons. The molecule has 3 aromatic rings. The minimum atomic E-state index is 0.792. The van der Waals surface area contributed by atoms with Gasteiger partial charge in [-0.3, -0.25) is 0 Å². The fourth-order valence-corrected chi connectivity index (χ4v) is 4.63. The van der Waals surface area contributed by atoms with E-state index in [1.54, 1.807) is 10.9 Å². The molecule has 0 N–H and O–H groups in total. The van der Waals surface area contributed by atoms with E-state index in [0.717, 1.165) is 66.8 Å². The van der Waals surface area contributed by atoms with Gasteiger partial charge >= 0.3 is 0 Å². The van der Waals surface area contributed by atoms with E-state index >= 15 is 0 Å². The van der Waals surface area contributed by atoms with E-state index < -0.39 is 0 Å². The first-order valence-electron chi connectivity index (χ1n) is 10.9. The van der Waals surface area contributed by atoms with Gasteiger partial charge in [0, 0.05) is 25.5 Å². The van der Waals surface area contributed by atoms with E-state index in [1.165, 1.54) is 19.3 Å². The maximum absolute atomic E-state index is 5.98. The molecular weight excluding hydrogens is 376 g/mol. The Kier molecular flexibility index (Phi) is 5.34. The normalized spacial score (nSPS) is 21.6. The average molecular weight is 405 g/mol. The Labute approximate surface area is 177 Å². The molecule has 156 valence electrons. The SMILES string of the molecule is Cc1cnc(N2CCC(C3CC3CCOc3ccc(-n4ccnn4)cc3)CC2)nc1. The van der Waals surface area contributed by atoms with Crippen LogP contribution in [0.4, 0.5) is 5.95 Å². The summed E-state index contributed by atoms with van der Waals surface area (Å²) in [4.78, 5) is 11.3. The number of anilines is 1. The molecule has 7 heteroatoms. The van der Waals surface area contributed by atoms with Gasteiger partial charge in [0.05, 0.1) is 24.7 Å². The third kappa shape index (κ3) is 4.30. The van der Waals surface area contributed by atoms with Crippen molar-refractivity contribution < 1.29 is 4.74 Å².